The molecule has 1 aliphatic heterocycles. The second-order valence-corrected chi connectivity index (χ2v) is 6.68. The highest BCUT2D eigenvalue weighted by atomic mass is 15.3. The zero-order valence-electron chi connectivity index (χ0n) is 12.8. The van der Waals surface area contributed by atoms with E-state index < -0.39 is 0 Å². The van der Waals surface area contributed by atoms with Crippen LogP contribution in [0.15, 0.2) is 24.4 Å². The second kappa shape index (κ2) is 4.74. The minimum Gasteiger partial charge on any atom is -0.312 e. The molecular weight excluding hydrogens is 246 g/mol. The smallest absolute Gasteiger partial charge is 0.0679 e. The SMILES string of the molecule is Cn1nccc1-c1cc2c(c(C(C)(C)C)c1)CNCC2. The van der Waals surface area contributed by atoms with E-state index >= 15 is 0 Å². The molecule has 1 aliphatic rings. The van der Waals surface area contributed by atoms with Crippen LogP contribution in [0.5, 0.6) is 0 Å². The van der Waals surface area contributed by atoms with Crippen LogP contribution in [-0.2, 0) is 25.4 Å². The van der Waals surface area contributed by atoms with E-state index in [9.17, 15) is 0 Å². The lowest BCUT2D eigenvalue weighted by molar-refractivity contribution is 0.560. The normalized spacial score (nSPS) is 15.2. The van der Waals surface area contributed by atoms with Crippen LogP contribution < -0.4 is 5.32 Å². The summed E-state index contributed by atoms with van der Waals surface area (Å²) in [5, 5.41) is 7.80. The van der Waals surface area contributed by atoms with Gasteiger partial charge in [0, 0.05) is 25.4 Å². The minimum atomic E-state index is 0.164. The Kier molecular flexibility index (Phi) is 3.17. The summed E-state index contributed by atoms with van der Waals surface area (Å²) < 4.78 is 1.95. The van der Waals surface area contributed by atoms with Gasteiger partial charge in [-0.25, -0.2) is 0 Å². The fraction of sp³-hybridized carbons (Fsp3) is 0.471. The lowest BCUT2D eigenvalue weighted by Crippen LogP contribution is -2.27. The van der Waals surface area contributed by atoms with E-state index in [2.05, 4.69) is 49.4 Å². The molecule has 0 aliphatic carbocycles. The Balaban J connectivity index is 2.21. The van der Waals surface area contributed by atoms with Gasteiger partial charge in [-0.1, -0.05) is 20.8 Å². The van der Waals surface area contributed by atoms with E-state index in [4.69, 9.17) is 0 Å². The molecule has 2 heterocycles. The lowest BCUT2D eigenvalue weighted by atomic mass is 9.79. The molecule has 3 heteroatoms. The molecule has 0 atom stereocenters. The maximum absolute atomic E-state index is 4.30. The maximum atomic E-state index is 4.30. The van der Waals surface area contributed by atoms with Crippen molar-refractivity contribution in [3.05, 3.63) is 41.1 Å². The number of aryl methyl sites for hydroxylation is 1. The monoisotopic (exact) mass is 269 g/mol. The van der Waals surface area contributed by atoms with Crippen molar-refractivity contribution in [2.75, 3.05) is 6.54 Å². The van der Waals surface area contributed by atoms with Gasteiger partial charge in [-0.05, 0) is 53.3 Å². The van der Waals surface area contributed by atoms with Gasteiger partial charge in [0.2, 0.25) is 0 Å². The van der Waals surface area contributed by atoms with E-state index in [1.54, 1.807) is 0 Å². The van der Waals surface area contributed by atoms with Crippen molar-refractivity contribution >= 4 is 0 Å². The molecule has 1 aromatic carbocycles. The molecule has 0 amide bonds. The molecule has 106 valence electrons. The number of nitrogens with zero attached hydrogens (tertiary/aromatic N) is 2. The second-order valence-electron chi connectivity index (χ2n) is 6.68. The summed E-state index contributed by atoms with van der Waals surface area (Å²) in [6, 6.07) is 6.79. The molecule has 0 saturated carbocycles. The quantitative estimate of drug-likeness (QED) is 0.862. The summed E-state index contributed by atoms with van der Waals surface area (Å²) in [6.07, 6.45) is 2.98. The average molecular weight is 269 g/mol. The van der Waals surface area contributed by atoms with Crippen LogP contribution in [0.25, 0.3) is 11.3 Å². The van der Waals surface area contributed by atoms with Gasteiger partial charge in [0.05, 0.1) is 5.69 Å². The number of rotatable bonds is 1. The molecule has 3 nitrogen and oxygen atoms in total. The molecule has 1 aromatic heterocycles. The van der Waals surface area contributed by atoms with Gasteiger partial charge in [-0.2, -0.15) is 5.10 Å². The highest BCUT2D eigenvalue weighted by Crippen LogP contribution is 2.34. The largest absolute Gasteiger partial charge is 0.312 e. The fourth-order valence-electron chi connectivity index (χ4n) is 3.07. The zero-order chi connectivity index (χ0) is 14.3. The Morgan fingerprint density at radius 1 is 1.25 bits per heavy atom. The Labute approximate surface area is 121 Å². The molecule has 0 spiro atoms. The van der Waals surface area contributed by atoms with E-state index in [0.717, 1.165) is 19.5 Å². The Bertz CT molecular complexity index is 632. The van der Waals surface area contributed by atoms with Crippen molar-refractivity contribution in [1.29, 1.82) is 0 Å². The summed E-state index contributed by atoms with van der Waals surface area (Å²) in [7, 11) is 2.01. The van der Waals surface area contributed by atoms with Crippen LogP contribution in [0.3, 0.4) is 0 Å². The predicted molar refractivity (Wildman–Crippen MR) is 82.8 cm³/mol. The Morgan fingerprint density at radius 2 is 2.05 bits per heavy atom. The average Bonchev–Trinajstić information content (AvgIpc) is 2.82. The molecule has 1 N–H and O–H groups in total. The van der Waals surface area contributed by atoms with Crippen molar-refractivity contribution in [3.63, 3.8) is 0 Å². The van der Waals surface area contributed by atoms with E-state index in [-0.39, 0.29) is 5.41 Å². The number of hydrogen-bond donors (Lipinski definition) is 1. The first-order valence-electron chi connectivity index (χ1n) is 7.32. The van der Waals surface area contributed by atoms with Gasteiger partial charge in [-0.3, -0.25) is 4.68 Å². The van der Waals surface area contributed by atoms with Gasteiger partial charge < -0.3 is 5.32 Å². The summed E-state index contributed by atoms with van der Waals surface area (Å²) in [6.45, 7) is 8.96. The van der Waals surface area contributed by atoms with Crippen molar-refractivity contribution in [1.82, 2.24) is 15.1 Å². The zero-order valence-corrected chi connectivity index (χ0v) is 12.8. The summed E-state index contributed by atoms with van der Waals surface area (Å²) in [5.74, 6) is 0. The van der Waals surface area contributed by atoms with Crippen molar-refractivity contribution in [2.45, 2.75) is 39.2 Å². The molecule has 0 fully saturated rings. The van der Waals surface area contributed by atoms with Gasteiger partial charge in [-0.15, -0.1) is 0 Å². The topological polar surface area (TPSA) is 29.9 Å². The van der Waals surface area contributed by atoms with Crippen LogP contribution in [0.4, 0.5) is 0 Å². The first-order valence-corrected chi connectivity index (χ1v) is 7.32. The Morgan fingerprint density at radius 3 is 2.70 bits per heavy atom. The minimum absolute atomic E-state index is 0.164. The number of nitrogens with one attached hydrogen (secondary N) is 1. The van der Waals surface area contributed by atoms with E-state index in [1.165, 1.54) is 27.9 Å². The number of hydrogen-bond acceptors (Lipinski definition) is 2. The maximum Gasteiger partial charge on any atom is 0.0679 e. The van der Waals surface area contributed by atoms with E-state index in [0.29, 0.717) is 0 Å². The molecule has 3 rings (SSSR count). The highest BCUT2D eigenvalue weighted by Gasteiger charge is 2.23. The molecule has 2 aromatic rings. The number of aromatic nitrogens is 2. The van der Waals surface area contributed by atoms with Gasteiger partial charge in [0.25, 0.3) is 0 Å². The van der Waals surface area contributed by atoms with Crippen molar-refractivity contribution in [3.8, 4) is 11.3 Å². The van der Waals surface area contributed by atoms with Crippen molar-refractivity contribution < 1.29 is 0 Å². The number of benzene rings is 1. The summed E-state index contributed by atoms with van der Waals surface area (Å²) in [5.41, 5.74) is 7.09. The number of fused-ring (bicyclic) bond motifs is 1. The van der Waals surface area contributed by atoms with Crippen LogP contribution >= 0.6 is 0 Å². The fourth-order valence-corrected chi connectivity index (χ4v) is 3.07. The van der Waals surface area contributed by atoms with Crippen molar-refractivity contribution in [2.24, 2.45) is 7.05 Å². The van der Waals surface area contributed by atoms with E-state index in [1.807, 2.05) is 17.9 Å². The lowest BCUT2D eigenvalue weighted by Gasteiger charge is -2.29. The molecular formula is C17H23N3. The summed E-state index contributed by atoms with van der Waals surface area (Å²) >= 11 is 0. The van der Waals surface area contributed by atoms with Gasteiger partial charge >= 0.3 is 0 Å². The van der Waals surface area contributed by atoms with Crippen LogP contribution in [-0.4, -0.2) is 16.3 Å². The third-order valence-corrected chi connectivity index (χ3v) is 4.14. The Hall–Kier alpha value is -1.61. The molecule has 0 saturated heterocycles. The first-order chi connectivity index (χ1) is 9.47. The molecule has 20 heavy (non-hydrogen) atoms. The van der Waals surface area contributed by atoms with Crippen LogP contribution in [0.2, 0.25) is 0 Å². The third kappa shape index (κ3) is 2.27. The van der Waals surface area contributed by atoms with Gasteiger partial charge in [0.15, 0.2) is 0 Å². The van der Waals surface area contributed by atoms with Crippen LogP contribution in [0, 0.1) is 0 Å². The molecule has 0 bridgehead atoms. The standard InChI is InChI=1S/C17H23N3/c1-17(2,3)15-10-13(16-6-8-19-20(16)4)9-12-5-7-18-11-14(12)15/h6,8-10,18H,5,7,11H2,1-4H3. The first kappa shape index (κ1) is 13.4. The summed E-state index contributed by atoms with van der Waals surface area (Å²) in [4.78, 5) is 0. The highest BCUT2D eigenvalue weighted by molar-refractivity contribution is 5.64. The molecule has 0 radical (unpaired) electrons. The van der Waals surface area contributed by atoms with Crippen LogP contribution in [0.1, 0.15) is 37.5 Å². The predicted octanol–water partition coefficient (Wildman–Crippen LogP) is 3.03. The molecule has 0 unspecified atom stereocenters. The third-order valence-electron chi connectivity index (χ3n) is 4.14. The van der Waals surface area contributed by atoms with Gasteiger partial charge in [0.1, 0.15) is 0 Å².